The van der Waals surface area contributed by atoms with Gasteiger partial charge in [0.1, 0.15) is 5.69 Å². The third-order valence-corrected chi connectivity index (χ3v) is 6.04. The quantitative estimate of drug-likeness (QED) is 0.647. The van der Waals surface area contributed by atoms with E-state index < -0.39 is 0 Å². The molecule has 0 radical (unpaired) electrons. The van der Waals surface area contributed by atoms with E-state index in [9.17, 15) is 0 Å². The maximum atomic E-state index is 4.83. The van der Waals surface area contributed by atoms with Gasteiger partial charge >= 0.3 is 0 Å². The minimum atomic E-state index is 0. The van der Waals surface area contributed by atoms with Crippen molar-refractivity contribution >= 4 is 24.8 Å². The minimum absolute atomic E-state index is 0. The summed E-state index contributed by atoms with van der Waals surface area (Å²) < 4.78 is 4.39. The molecule has 162 valence electrons. The SMILES string of the molecule is Cl.Cl.c1ccc(C2CCN(CCn3ccnc3-c3cc4n(n3)CCCNC4)C2)cc1. The molecule has 0 bridgehead atoms. The van der Waals surface area contributed by atoms with Crippen LogP contribution >= 0.6 is 24.8 Å². The molecule has 30 heavy (non-hydrogen) atoms. The standard InChI is InChI=1S/C22H28N6.2ClH/c1-2-5-18(6-3-1)19-7-11-26(17-19)13-14-27-12-9-24-22(27)21-15-20-16-23-8-4-10-28(20)25-21;;/h1-3,5-6,9,12,15,19,23H,4,7-8,10-11,13-14,16-17H2;2*1H. The Kier molecular flexibility index (Phi) is 7.94. The number of halogens is 2. The summed E-state index contributed by atoms with van der Waals surface area (Å²) in [5.74, 6) is 1.65. The molecule has 1 N–H and O–H groups in total. The molecule has 1 atom stereocenters. The second-order valence-corrected chi connectivity index (χ2v) is 7.92. The lowest BCUT2D eigenvalue weighted by atomic mass is 9.99. The molecule has 2 aliphatic heterocycles. The number of aryl methyl sites for hydroxylation is 1. The predicted octanol–water partition coefficient (Wildman–Crippen LogP) is 3.57. The van der Waals surface area contributed by atoms with E-state index in [1.165, 1.54) is 24.2 Å². The third kappa shape index (κ3) is 4.89. The summed E-state index contributed by atoms with van der Waals surface area (Å²) in [4.78, 5) is 7.19. The second-order valence-electron chi connectivity index (χ2n) is 7.92. The van der Waals surface area contributed by atoms with Crippen LogP contribution in [0, 0.1) is 0 Å². The van der Waals surface area contributed by atoms with Gasteiger partial charge in [0.25, 0.3) is 0 Å². The van der Waals surface area contributed by atoms with Gasteiger partial charge < -0.3 is 14.8 Å². The number of aromatic nitrogens is 4. The molecule has 0 spiro atoms. The number of nitrogens with zero attached hydrogens (tertiary/aromatic N) is 5. The van der Waals surface area contributed by atoms with Crippen molar-refractivity contribution < 1.29 is 0 Å². The maximum Gasteiger partial charge on any atom is 0.160 e. The largest absolute Gasteiger partial charge is 0.328 e. The molecule has 2 aromatic heterocycles. The van der Waals surface area contributed by atoms with Gasteiger partial charge in [-0.1, -0.05) is 30.3 Å². The number of rotatable bonds is 5. The molecule has 1 saturated heterocycles. The van der Waals surface area contributed by atoms with Crippen molar-refractivity contribution in [1.29, 1.82) is 0 Å². The molecule has 8 heteroatoms. The highest BCUT2D eigenvalue weighted by molar-refractivity contribution is 5.85. The highest BCUT2D eigenvalue weighted by Gasteiger charge is 2.23. The molecule has 6 nitrogen and oxygen atoms in total. The third-order valence-electron chi connectivity index (χ3n) is 6.04. The van der Waals surface area contributed by atoms with Crippen LogP contribution in [0.4, 0.5) is 0 Å². The van der Waals surface area contributed by atoms with Crippen LogP contribution in [0.5, 0.6) is 0 Å². The molecule has 2 aliphatic rings. The number of imidazole rings is 1. The van der Waals surface area contributed by atoms with Gasteiger partial charge in [0.15, 0.2) is 5.82 Å². The maximum absolute atomic E-state index is 4.83. The average Bonchev–Trinajstić information content (AvgIpc) is 3.44. The lowest BCUT2D eigenvalue weighted by molar-refractivity contribution is 0.319. The van der Waals surface area contributed by atoms with Crippen molar-refractivity contribution in [2.45, 2.75) is 38.4 Å². The van der Waals surface area contributed by atoms with Crippen molar-refractivity contribution in [3.8, 4) is 11.5 Å². The lowest BCUT2D eigenvalue weighted by Gasteiger charge is -2.17. The Bertz CT molecular complexity index is 899. The molecule has 1 aromatic carbocycles. The van der Waals surface area contributed by atoms with Crippen LogP contribution in [-0.2, 0) is 19.6 Å². The van der Waals surface area contributed by atoms with E-state index in [0.29, 0.717) is 5.92 Å². The van der Waals surface area contributed by atoms with Crippen molar-refractivity contribution in [3.05, 3.63) is 60.0 Å². The van der Waals surface area contributed by atoms with Gasteiger partial charge in [0, 0.05) is 45.1 Å². The molecular weight excluding hydrogens is 419 g/mol. The van der Waals surface area contributed by atoms with E-state index in [-0.39, 0.29) is 24.8 Å². The number of nitrogens with one attached hydrogen (secondary N) is 1. The Morgan fingerprint density at radius 2 is 1.93 bits per heavy atom. The molecule has 0 saturated carbocycles. The van der Waals surface area contributed by atoms with Crippen molar-refractivity contribution in [2.24, 2.45) is 0 Å². The first kappa shape index (κ1) is 22.8. The van der Waals surface area contributed by atoms with Crippen molar-refractivity contribution in [1.82, 2.24) is 29.5 Å². The van der Waals surface area contributed by atoms with Gasteiger partial charge in [0.05, 0.1) is 5.69 Å². The van der Waals surface area contributed by atoms with Gasteiger partial charge in [-0.2, -0.15) is 5.10 Å². The Balaban J connectivity index is 0.00000128. The molecule has 3 aromatic rings. The van der Waals surface area contributed by atoms with Crippen LogP contribution in [0.25, 0.3) is 11.5 Å². The van der Waals surface area contributed by atoms with Crippen LogP contribution in [0.1, 0.15) is 30.0 Å². The highest BCUT2D eigenvalue weighted by atomic mass is 35.5. The number of benzene rings is 1. The fourth-order valence-corrected chi connectivity index (χ4v) is 4.48. The Labute approximate surface area is 190 Å². The molecular formula is C22H30Cl2N6. The predicted molar refractivity (Wildman–Crippen MR) is 125 cm³/mol. The first-order valence-electron chi connectivity index (χ1n) is 10.4. The minimum Gasteiger partial charge on any atom is -0.328 e. The number of likely N-dealkylation sites (tertiary alicyclic amines) is 1. The molecule has 4 heterocycles. The summed E-state index contributed by atoms with van der Waals surface area (Å²) in [6.45, 7) is 7.28. The van der Waals surface area contributed by atoms with Crippen LogP contribution in [0.15, 0.2) is 48.8 Å². The number of fused-ring (bicyclic) bond motifs is 1. The zero-order valence-corrected chi connectivity index (χ0v) is 18.7. The fourth-order valence-electron chi connectivity index (χ4n) is 4.48. The van der Waals surface area contributed by atoms with Gasteiger partial charge in [-0.05, 0) is 43.5 Å². The normalized spacial score (nSPS) is 18.9. The molecule has 1 unspecified atom stereocenters. The Morgan fingerprint density at radius 1 is 1.07 bits per heavy atom. The topological polar surface area (TPSA) is 50.9 Å². The van der Waals surface area contributed by atoms with Crippen molar-refractivity contribution in [3.63, 3.8) is 0 Å². The van der Waals surface area contributed by atoms with E-state index in [2.05, 4.69) is 67.0 Å². The van der Waals surface area contributed by atoms with Crippen LogP contribution in [0.2, 0.25) is 0 Å². The average molecular weight is 449 g/mol. The molecule has 0 amide bonds. The van der Waals surface area contributed by atoms with E-state index in [4.69, 9.17) is 5.10 Å². The first-order valence-corrected chi connectivity index (χ1v) is 10.4. The Hall–Kier alpha value is -1.86. The van der Waals surface area contributed by atoms with Crippen LogP contribution < -0.4 is 5.32 Å². The summed E-state index contributed by atoms with van der Waals surface area (Å²) in [7, 11) is 0. The van der Waals surface area contributed by atoms with Gasteiger partial charge in [-0.3, -0.25) is 4.68 Å². The summed E-state index contributed by atoms with van der Waals surface area (Å²) >= 11 is 0. The second kappa shape index (κ2) is 10.4. The van der Waals surface area contributed by atoms with Gasteiger partial charge in [0.2, 0.25) is 0 Å². The van der Waals surface area contributed by atoms with E-state index >= 15 is 0 Å². The summed E-state index contributed by atoms with van der Waals surface area (Å²) in [5.41, 5.74) is 3.72. The van der Waals surface area contributed by atoms with E-state index in [0.717, 1.165) is 57.2 Å². The Morgan fingerprint density at radius 3 is 2.80 bits per heavy atom. The fraction of sp³-hybridized carbons (Fsp3) is 0.455. The van der Waals surface area contributed by atoms with E-state index in [1.807, 2.05) is 6.20 Å². The summed E-state index contributed by atoms with van der Waals surface area (Å²) in [5, 5.41) is 8.29. The molecule has 1 fully saturated rings. The highest BCUT2D eigenvalue weighted by Crippen LogP contribution is 2.27. The van der Waals surface area contributed by atoms with Crippen LogP contribution in [0.3, 0.4) is 0 Å². The van der Waals surface area contributed by atoms with Gasteiger partial charge in [-0.15, -0.1) is 24.8 Å². The zero-order valence-electron chi connectivity index (χ0n) is 17.1. The molecule has 0 aliphatic carbocycles. The number of hydrogen-bond donors (Lipinski definition) is 1. The number of hydrogen-bond acceptors (Lipinski definition) is 4. The monoisotopic (exact) mass is 448 g/mol. The van der Waals surface area contributed by atoms with Gasteiger partial charge in [-0.25, -0.2) is 4.98 Å². The summed E-state index contributed by atoms with van der Waals surface area (Å²) in [6.07, 6.45) is 6.36. The molecule has 5 rings (SSSR count). The van der Waals surface area contributed by atoms with E-state index in [1.54, 1.807) is 0 Å². The van der Waals surface area contributed by atoms with Crippen molar-refractivity contribution in [2.75, 3.05) is 26.2 Å². The first-order chi connectivity index (χ1) is 13.9. The lowest BCUT2D eigenvalue weighted by Crippen LogP contribution is -2.25. The van der Waals surface area contributed by atoms with Crippen LogP contribution in [-0.4, -0.2) is 50.4 Å². The zero-order chi connectivity index (χ0) is 18.8. The smallest absolute Gasteiger partial charge is 0.160 e. The summed E-state index contributed by atoms with van der Waals surface area (Å²) in [6, 6.07) is 13.1.